The highest BCUT2D eigenvalue weighted by molar-refractivity contribution is 7.02. The molecular weight excluding hydrogens is 1060 g/mol. The first-order valence-electron chi connectivity index (χ1n) is 29.7. The summed E-state index contributed by atoms with van der Waals surface area (Å²) in [6.45, 7) is -0.549. The molecule has 9 heteroatoms. The second kappa shape index (κ2) is 19.6. The zero-order chi connectivity index (χ0) is 57.1. The Morgan fingerprint density at radius 1 is 0.299 bits per heavy atom. The van der Waals surface area contributed by atoms with Crippen LogP contribution in [0.4, 0.5) is 68.2 Å². The van der Waals surface area contributed by atoms with Gasteiger partial charge in [-0.3, -0.25) is 0 Å². The molecule has 0 aliphatic carbocycles. The van der Waals surface area contributed by atoms with Gasteiger partial charge < -0.3 is 33.5 Å². The van der Waals surface area contributed by atoms with Gasteiger partial charge in [-0.25, -0.2) is 0 Å². The first-order chi connectivity index (χ1) is 43.2. The molecule has 4 aliphatic rings. The maximum absolute atomic E-state index is 8.01. The number of benzene rings is 13. The van der Waals surface area contributed by atoms with E-state index in [0.29, 0.717) is 0 Å². The number of hydrogen-bond donors (Lipinski definition) is 0. The van der Waals surface area contributed by atoms with Gasteiger partial charge in [-0.2, -0.15) is 0 Å². The number of fused-ring (bicyclic) bond motifs is 11. The fourth-order valence-electron chi connectivity index (χ4n) is 14.4. The Morgan fingerprint density at radius 2 is 0.690 bits per heavy atom. The first-order valence-corrected chi connectivity index (χ1v) is 29.7. The van der Waals surface area contributed by atoms with Crippen LogP contribution in [0.25, 0.3) is 33.1 Å². The SMILES string of the molecule is c1ccc(N(c2ccccc2)c2cc3c4c(c2)N(c2ccccc2)c2ccccc2B4c2cc4c(c(-c5cccc6oc7ccccc7c56)c2O3)Oc2cc(N(c3ccccc3)c3ccccc3)cc3c2B4c2ccccc2N3c2ccccc2)cc1. The molecule has 0 radical (unpaired) electrons. The lowest BCUT2D eigenvalue weighted by Crippen LogP contribution is -2.63. The van der Waals surface area contributed by atoms with E-state index in [1.54, 1.807) is 0 Å². The van der Waals surface area contributed by atoms with E-state index in [0.717, 1.165) is 146 Å². The minimum atomic E-state index is -0.275. The van der Waals surface area contributed by atoms with Gasteiger partial charge in [-0.1, -0.05) is 182 Å². The second-order valence-electron chi connectivity index (χ2n) is 22.7. The number of furan rings is 1. The number of rotatable bonds is 9. The van der Waals surface area contributed by atoms with Gasteiger partial charge in [0.1, 0.15) is 34.2 Å². The molecular formula is C78H50B2N4O3. The minimum Gasteiger partial charge on any atom is -0.457 e. The summed E-state index contributed by atoms with van der Waals surface area (Å²) in [5, 5.41) is 2.01. The van der Waals surface area contributed by atoms with Crippen LogP contribution >= 0.6 is 0 Å². The highest BCUT2D eigenvalue weighted by atomic mass is 16.5. The molecule has 18 rings (SSSR count). The Morgan fingerprint density at radius 3 is 1.15 bits per heavy atom. The van der Waals surface area contributed by atoms with Crippen molar-refractivity contribution in [3.63, 3.8) is 0 Å². The summed E-state index contributed by atoms with van der Waals surface area (Å²) < 4.78 is 22.8. The minimum absolute atomic E-state index is 0.275. The predicted molar refractivity (Wildman–Crippen MR) is 360 cm³/mol. The molecule has 87 heavy (non-hydrogen) atoms. The highest BCUT2D eigenvalue weighted by Crippen LogP contribution is 2.53. The van der Waals surface area contributed by atoms with Crippen LogP contribution < -0.4 is 61.9 Å². The zero-order valence-electron chi connectivity index (χ0n) is 47.0. The summed E-state index contributed by atoms with van der Waals surface area (Å²) in [7, 11) is 0. The van der Waals surface area contributed by atoms with Crippen molar-refractivity contribution in [3.8, 4) is 34.1 Å². The van der Waals surface area contributed by atoms with Gasteiger partial charge in [0.05, 0.1) is 16.9 Å². The Balaban J connectivity index is 0.964. The van der Waals surface area contributed by atoms with Crippen molar-refractivity contribution in [2.45, 2.75) is 0 Å². The van der Waals surface area contributed by atoms with Crippen molar-refractivity contribution in [3.05, 3.63) is 303 Å². The van der Waals surface area contributed by atoms with E-state index in [9.17, 15) is 0 Å². The lowest BCUT2D eigenvalue weighted by molar-refractivity contribution is 0.469. The molecule has 0 spiro atoms. The number of hydrogen-bond acceptors (Lipinski definition) is 7. The topological polar surface area (TPSA) is 44.6 Å². The van der Waals surface area contributed by atoms with Crippen LogP contribution in [0, 0.1) is 0 Å². The molecule has 0 bridgehead atoms. The Bertz CT molecular complexity index is 4690. The fraction of sp³-hybridized carbons (Fsp3) is 0. The fourth-order valence-corrected chi connectivity index (χ4v) is 14.4. The van der Waals surface area contributed by atoms with Gasteiger partial charge in [0.2, 0.25) is 0 Å². The lowest BCUT2D eigenvalue weighted by atomic mass is 9.30. The smallest absolute Gasteiger partial charge is 0.256 e. The Labute approximate surface area is 504 Å². The van der Waals surface area contributed by atoms with Crippen molar-refractivity contribution >= 4 is 136 Å². The quantitative estimate of drug-likeness (QED) is 0.133. The summed E-state index contributed by atoms with van der Waals surface area (Å²) in [5.41, 5.74) is 22.5. The lowest BCUT2D eigenvalue weighted by Gasteiger charge is -2.43. The molecule has 406 valence electrons. The van der Waals surface area contributed by atoms with E-state index in [1.807, 2.05) is 6.07 Å². The van der Waals surface area contributed by atoms with Crippen LogP contribution in [0.3, 0.4) is 0 Å². The molecule has 1 aromatic heterocycles. The third kappa shape index (κ3) is 7.59. The summed E-state index contributed by atoms with van der Waals surface area (Å²) in [4.78, 5) is 9.54. The van der Waals surface area contributed by atoms with Gasteiger partial charge in [0.15, 0.2) is 0 Å². The second-order valence-corrected chi connectivity index (χ2v) is 22.7. The van der Waals surface area contributed by atoms with E-state index >= 15 is 0 Å². The number of ether oxygens (including phenoxy) is 2. The molecule has 0 N–H and O–H groups in total. The van der Waals surface area contributed by atoms with Crippen molar-refractivity contribution in [1.82, 2.24) is 0 Å². The van der Waals surface area contributed by atoms with E-state index in [2.05, 4.69) is 317 Å². The number of nitrogens with zero attached hydrogens (tertiary/aromatic N) is 4. The standard InChI is InChI=1S/C78H50B2N4O3/c1-7-26-51(27-8-1)81(52-28-9-2-10-29-52)57-46-67-75-71(48-57)86-77-63(79(75)61-40-20-22-42-65(61)83(67)55-34-15-5-16-35-55)50-64-78(74(77)60-39-25-45-70-73(60)59-38-19-24-44-69(59)85-70)87-72-49-58(82(53-30-11-3-12-31-53)54-32-13-4-14-33-54)47-68-76(72)80(64)62-41-21-23-43-66(62)84(68)56-36-17-6-18-37-56/h1-50H. The summed E-state index contributed by atoms with van der Waals surface area (Å²) in [5.74, 6) is 3.01. The van der Waals surface area contributed by atoms with Crippen LogP contribution in [0.2, 0.25) is 0 Å². The van der Waals surface area contributed by atoms with Gasteiger partial charge >= 0.3 is 0 Å². The van der Waals surface area contributed by atoms with Gasteiger partial charge in [-0.15, -0.1) is 0 Å². The molecule has 5 heterocycles. The van der Waals surface area contributed by atoms with Crippen molar-refractivity contribution in [2.75, 3.05) is 19.6 Å². The third-order valence-electron chi connectivity index (χ3n) is 17.9. The maximum Gasteiger partial charge on any atom is 0.256 e. The molecule has 0 saturated heterocycles. The maximum atomic E-state index is 8.01. The normalized spacial score (nSPS) is 12.9. The average molecular weight is 1110 g/mol. The highest BCUT2D eigenvalue weighted by Gasteiger charge is 2.49. The molecule has 14 aromatic rings. The van der Waals surface area contributed by atoms with Crippen molar-refractivity contribution in [1.29, 1.82) is 0 Å². The molecule has 0 atom stereocenters. The molecule has 7 nitrogen and oxygen atoms in total. The zero-order valence-corrected chi connectivity index (χ0v) is 47.0. The van der Waals surface area contributed by atoms with Crippen LogP contribution in [0.5, 0.6) is 23.0 Å². The van der Waals surface area contributed by atoms with E-state index < -0.39 is 0 Å². The van der Waals surface area contributed by atoms with Crippen molar-refractivity contribution in [2.24, 2.45) is 0 Å². The number of para-hydroxylation sites is 9. The van der Waals surface area contributed by atoms with Crippen molar-refractivity contribution < 1.29 is 13.9 Å². The Kier molecular flexibility index (Phi) is 11.0. The predicted octanol–water partition coefficient (Wildman–Crippen LogP) is 17.0. The van der Waals surface area contributed by atoms with Gasteiger partial charge in [-0.05, 0) is 142 Å². The monoisotopic (exact) mass is 1110 g/mol. The van der Waals surface area contributed by atoms with Crippen LogP contribution in [-0.2, 0) is 0 Å². The van der Waals surface area contributed by atoms with Gasteiger partial charge in [0.25, 0.3) is 13.4 Å². The van der Waals surface area contributed by atoms with E-state index in [1.165, 1.54) is 10.9 Å². The molecule has 0 fully saturated rings. The number of anilines is 12. The molecule has 0 unspecified atom stereocenters. The third-order valence-corrected chi connectivity index (χ3v) is 17.9. The summed E-state index contributed by atoms with van der Waals surface area (Å²) >= 11 is 0. The largest absolute Gasteiger partial charge is 0.457 e. The van der Waals surface area contributed by atoms with Crippen LogP contribution in [0.1, 0.15) is 0 Å². The van der Waals surface area contributed by atoms with Crippen LogP contribution in [-0.4, -0.2) is 13.4 Å². The molecule has 0 saturated carbocycles. The van der Waals surface area contributed by atoms with E-state index in [4.69, 9.17) is 13.9 Å². The van der Waals surface area contributed by atoms with Gasteiger partial charge in [0, 0.05) is 85.3 Å². The first kappa shape index (κ1) is 49.1. The van der Waals surface area contributed by atoms with E-state index in [-0.39, 0.29) is 13.4 Å². The molecule has 4 aliphatic heterocycles. The summed E-state index contributed by atoms with van der Waals surface area (Å²) in [6.07, 6.45) is 0. The summed E-state index contributed by atoms with van der Waals surface area (Å²) in [6, 6.07) is 108. The molecule has 0 amide bonds. The van der Waals surface area contributed by atoms with Crippen LogP contribution in [0.15, 0.2) is 308 Å². The molecule has 13 aromatic carbocycles. The Hall–Kier alpha value is -11.4. The average Bonchev–Trinajstić information content (AvgIpc) is 0.831.